The Labute approximate surface area is 175 Å². The van der Waals surface area contributed by atoms with Crippen LogP contribution in [0, 0.1) is 0 Å². The lowest BCUT2D eigenvalue weighted by atomic mass is 10.2. The van der Waals surface area contributed by atoms with Gasteiger partial charge in [0.1, 0.15) is 24.7 Å². The molecule has 1 aliphatic heterocycles. The van der Waals surface area contributed by atoms with Crippen molar-refractivity contribution in [3.05, 3.63) is 60.4 Å². The summed E-state index contributed by atoms with van der Waals surface area (Å²) in [4.78, 5) is 2.10. The maximum Gasteiger partial charge on any atom is 0.217 e. The highest BCUT2D eigenvalue weighted by molar-refractivity contribution is 7.99. The van der Waals surface area contributed by atoms with Gasteiger partial charge in [-0.15, -0.1) is 10.2 Å². The molecule has 1 saturated heterocycles. The van der Waals surface area contributed by atoms with Crippen LogP contribution in [0.25, 0.3) is 5.69 Å². The molecule has 8 heteroatoms. The molecule has 1 fully saturated rings. The van der Waals surface area contributed by atoms with Gasteiger partial charge in [0.15, 0.2) is 5.16 Å². The summed E-state index contributed by atoms with van der Waals surface area (Å²) in [5.74, 6) is 1.63. The third-order valence-electron chi connectivity index (χ3n) is 4.94. The SMILES string of the molecule is COc1cccc(-n2cnnc2SC[C@@H]2C[NH2+][C@H](c3ccc(N(C)C)cc3)O2)c1. The highest BCUT2D eigenvalue weighted by atomic mass is 32.2. The number of nitrogens with zero attached hydrogens (tertiary/aromatic N) is 4. The predicted molar refractivity (Wildman–Crippen MR) is 114 cm³/mol. The normalized spacial score (nSPS) is 18.7. The Hall–Kier alpha value is -2.55. The van der Waals surface area contributed by atoms with Crippen LogP contribution in [0.15, 0.2) is 60.0 Å². The second-order valence-electron chi connectivity index (χ2n) is 7.13. The number of aromatic nitrogens is 3. The average molecular weight is 413 g/mol. The average Bonchev–Trinajstić information content (AvgIpc) is 3.42. The molecule has 1 aromatic heterocycles. The Bertz CT molecular complexity index is 944. The monoisotopic (exact) mass is 412 g/mol. The molecule has 2 heterocycles. The third-order valence-corrected chi connectivity index (χ3v) is 6.01. The van der Waals surface area contributed by atoms with Crippen LogP contribution in [0.4, 0.5) is 5.69 Å². The molecule has 152 valence electrons. The molecule has 0 bridgehead atoms. The molecule has 3 aromatic rings. The van der Waals surface area contributed by atoms with Crippen molar-refractivity contribution >= 4 is 17.4 Å². The Kier molecular flexibility index (Phi) is 6.03. The van der Waals surface area contributed by atoms with Crippen LogP contribution in [0.3, 0.4) is 0 Å². The van der Waals surface area contributed by atoms with E-state index in [2.05, 4.69) is 44.7 Å². The van der Waals surface area contributed by atoms with Crippen molar-refractivity contribution in [1.29, 1.82) is 0 Å². The minimum atomic E-state index is 0.0491. The summed E-state index contributed by atoms with van der Waals surface area (Å²) >= 11 is 1.66. The summed E-state index contributed by atoms with van der Waals surface area (Å²) < 4.78 is 13.6. The predicted octanol–water partition coefficient (Wildman–Crippen LogP) is 2.09. The number of quaternary nitrogens is 1. The van der Waals surface area contributed by atoms with E-state index in [1.807, 2.05) is 42.9 Å². The van der Waals surface area contributed by atoms with Crippen molar-refractivity contribution in [2.75, 3.05) is 38.4 Å². The maximum atomic E-state index is 6.26. The fraction of sp³-hybridized carbons (Fsp3) is 0.333. The summed E-state index contributed by atoms with van der Waals surface area (Å²) in [5, 5.41) is 11.5. The molecule has 0 amide bonds. The smallest absolute Gasteiger partial charge is 0.217 e. The molecule has 2 N–H and O–H groups in total. The van der Waals surface area contributed by atoms with Crippen LogP contribution in [-0.4, -0.2) is 54.4 Å². The summed E-state index contributed by atoms with van der Waals surface area (Å²) in [6.07, 6.45) is 1.94. The number of anilines is 1. The van der Waals surface area contributed by atoms with E-state index in [0.717, 1.165) is 28.9 Å². The molecule has 0 spiro atoms. The number of rotatable bonds is 7. The van der Waals surface area contributed by atoms with Crippen molar-refractivity contribution < 1.29 is 14.8 Å². The first-order valence-electron chi connectivity index (χ1n) is 9.57. The van der Waals surface area contributed by atoms with Crippen LogP contribution >= 0.6 is 11.8 Å². The summed E-state index contributed by atoms with van der Waals surface area (Å²) in [5.41, 5.74) is 3.37. The van der Waals surface area contributed by atoms with Crippen molar-refractivity contribution in [3.63, 3.8) is 0 Å². The summed E-state index contributed by atoms with van der Waals surface area (Å²) in [7, 11) is 5.76. The zero-order valence-corrected chi connectivity index (χ0v) is 17.7. The van der Waals surface area contributed by atoms with Crippen molar-refractivity contribution in [1.82, 2.24) is 14.8 Å². The summed E-state index contributed by atoms with van der Waals surface area (Å²) in [6, 6.07) is 16.4. The fourth-order valence-corrected chi connectivity index (χ4v) is 4.25. The van der Waals surface area contributed by atoms with Gasteiger partial charge in [0.2, 0.25) is 6.23 Å². The molecule has 4 rings (SSSR count). The van der Waals surface area contributed by atoms with Crippen LogP contribution in [-0.2, 0) is 4.74 Å². The van der Waals surface area contributed by atoms with E-state index < -0.39 is 0 Å². The van der Waals surface area contributed by atoms with Crippen LogP contribution in [0.1, 0.15) is 11.8 Å². The van der Waals surface area contributed by atoms with E-state index in [1.54, 1.807) is 25.2 Å². The molecular weight excluding hydrogens is 386 g/mol. The van der Waals surface area contributed by atoms with E-state index in [9.17, 15) is 0 Å². The molecule has 0 radical (unpaired) electrons. The minimum absolute atomic E-state index is 0.0491. The zero-order valence-electron chi connectivity index (χ0n) is 16.9. The Morgan fingerprint density at radius 2 is 2.07 bits per heavy atom. The van der Waals surface area contributed by atoms with Crippen molar-refractivity contribution in [2.45, 2.75) is 17.5 Å². The molecule has 2 aromatic carbocycles. The van der Waals surface area contributed by atoms with Crippen LogP contribution < -0.4 is 15.0 Å². The quantitative estimate of drug-likeness (QED) is 0.600. The Balaban J connectivity index is 1.37. The second kappa shape index (κ2) is 8.86. The van der Waals surface area contributed by atoms with Gasteiger partial charge < -0.3 is 19.7 Å². The zero-order chi connectivity index (χ0) is 20.2. The minimum Gasteiger partial charge on any atom is -0.497 e. The Morgan fingerprint density at radius 1 is 1.24 bits per heavy atom. The van der Waals surface area contributed by atoms with E-state index in [4.69, 9.17) is 9.47 Å². The molecule has 29 heavy (non-hydrogen) atoms. The molecule has 2 atom stereocenters. The second-order valence-corrected chi connectivity index (χ2v) is 8.12. The number of hydrogen-bond donors (Lipinski definition) is 1. The first-order valence-corrected chi connectivity index (χ1v) is 10.6. The number of benzene rings is 2. The summed E-state index contributed by atoms with van der Waals surface area (Å²) in [6.45, 7) is 0.931. The fourth-order valence-electron chi connectivity index (χ4n) is 3.31. The highest BCUT2D eigenvalue weighted by Crippen LogP contribution is 2.26. The number of methoxy groups -OCH3 is 1. The topological polar surface area (TPSA) is 69.0 Å². The van der Waals surface area contributed by atoms with Gasteiger partial charge in [0.05, 0.1) is 12.8 Å². The van der Waals surface area contributed by atoms with Gasteiger partial charge in [0.25, 0.3) is 0 Å². The van der Waals surface area contributed by atoms with Gasteiger partial charge in [-0.05, 0) is 36.4 Å². The number of nitrogens with two attached hydrogens (primary N) is 1. The lowest BCUT2D eigenvalue weighted by Crippen LogP contribution is -2.82. The van der Waals surface area contributed by atoms with E-state index in [0.29, 0.717) is 0 Å². The van der Waals surface area contributed by atoms with Gasteiger partial charge >= 0.3 is 0 Å². The molecule has 0 unspecified atom stereocenters. The number of hydrogen-bond acceptors (Lipinski definition) is 6. The van der Waals surface area contributed by atoms with Gasteiger partial charge in [-0.2, -0.15) is 0 Å². The highest BCUT2D eigenvalue weighted by Gasteiger charge is 2.30. The third kappa shape index (κ3) is 4.55. The molecular formula is C21H26N5O2S+. The van der Waals surface area contributed by atoms with Crippen molar-refractivity contribution in [2.24, 2.45) is 0 Å². The van der Waals surface area contributed by atoms with Gasteiger partial charge in [-0.25, -0.2) is 0 Å². The lowest BCUT2D eigenvalue weighted by molar-refractivity contribution is -0.697. The molecule has 0 aliphatic carbocycles. The Morgan fingerprint density at radius 3 is 2.83 bits per heavy atom. The first kappa shape index (κ1) is 19.8. The lowest BCUT2D eigenvalue weighted by Gasteiger charge is -2.14. The molecule has 1 aliphatic rings. The van der Waals surface area contributed by atoms with Gasteiger partial charge in [-0.1, -0.05) is 17.8 Å². The standard InChI is InChI=1S/C21H25N5O2S/c1-25(2)16-9-7-15(8-10-16)20-22-12-19(28-20)13-29-21-24-23-14-26(21)17-5-4-6-18(11-17)27-3/h4-11,14,19-20,22H,12-13H2,1-3H3/p+1/t19-,20-/m0/s1. The molecule has 7 nitrogen and oxygen atoms in total. The van der Waals surface area contributed by atoms with E-state index in [-0.39, 0.29) is 12.3 Å². The number of thioether (sulfide) groups is 1. The number of ether oxygens (including phenoxy) is 2. The van der Waals surface area contributed by atoms with Gasteiger partial charge in [0, 0.05) is 37.2 Å². The largest absolute Gasteiger partial charge is 0.497 e. The van der Waals surface area contributed by atoms with E-state index in [1.165, 1.54) is 11.3 Å². The first-order chi connectivity index (χ1) is 14.1. The van der Waals surface area contributed by atoms with Crippen LogP contribution in [0.5, 0.6) is 5.75 Å². The van der Waals surface area contributed by atoms with Gasteiger partial charge in [-0.3, -0.25) is 4.57 Å². The van der Waals surface area contributed by atoms with Crippen LogP contribution in [0.2, 0.25) is 0 Å². The van der Waals surface area contributed by atoms with Crippen molar-refractivity contribution in [3.8, 4) is 11.4 Å². The maximum absolute atomic E-state index is 6.26. The molecule has 0 saturated carbocycles. The van der Waals surface area contributed by atoms with E-state index >= 15 is 0 Å².